The first-order valence-corrected chi connectivity index (χ1v) is 6.39. The van der Waals surface area contributed by atoms with Gasteiger partial charge in [-0.05, 0) is 39.4 Å². The second kappa shape index (κ2) is 4.20. The molecule has 1 aromatic rings. The lowest BCUT2D eigenvalue weighted by molar-refractivity contribution is 0.179. The van der Waals surface area contributed by atoms with Crippen molar-refractivity contribution in [2.75, 3.05) is 20.1 Å². The van der Waals surface area contributed by atoms with Crippen LogP contribution in [0.15, 0.2) is 5.38 Å². The summed E-state index contributed by atoms with van der Waals surface area (Å²) in [6.07, 6.45) is 1.12. The summed E-state index contributed by atoms with van der Waals surface area (Å²) in [6, 6.07) is 0. The molecular formula is C11H19N3S. The molecule has 1 fully saturated rings. The molecule has 2 heterocycles. The SMILES string of the molecule is CNC1(c2nc(C)cs2)CCNCC1C. The summed E-state index contributed by atoms with van der Waals surface area (Å²) in [6.45, 7) is 6.50. The van der Waals surface area contributed by atoms with Gasteiger partial charge in [0.15, 0.2) is 0 Å². The smallest absolute Gasteiger partial charge is 0.113 e. The van der Waals surface area contributed by atoms with E-state index in [0.717, 1.165) is 25.2 Å². The minimum atomic E-state index is 0.0875. The molecule has 1 aromatic heterocycles. The van der Waals surface area contributed by atoms with Gasteiger partial charge in [-0.15, -0.1) is 11.3 Å². The molecule has 0 saturated carbocycles. The Kier molecular flexibility index (Phi) is 3.09. The monoisotopic (exact) mass is 225 g/mol. The van der Waals surface area contributed by atoms with E-state index in [1.54, 1.807) is 11.3 Å². The van der Waals surface area contributed by atoms with Crippen LogP contribution in [0.25, 0.3) is 0 Å². The van der Waals surface area contributed by atoms with Gasteiger partial charge in [0.25, 0.3) is 0 Å². The highest BCUT2D eigenvalue weighted by atomic mass is 32.1. The Morgan fingerprint density at radius 2 is 2.47 bits per heavy atom. The van der Waals surface area contributed by atoms with Crippen LogP contribution in [0.5, 0.6) is 0 Å². The standard InChI is InChI=1S/C11H19N3S/c1-8-6-13-5-4-11(8,12-3)10-14-9(2)7-15-10/h7-8,12-13H,4-6H2,1-3H3. The first-order chi connectivity index (χ1) is 7.19. The minimum Gasteiger partial charge on any atom is -0.316 e. The fourth-order valence-corrected chi connectivity index (χ4v) is 3.53. The van der Waals surface area contributed by atoms with Crippen molar-refractivity contribution >= 4 is 11.3 Å². The van der Waals surface area contributed by atoms with Gasteiger partial charge in [-0.2, -0.15) is 0 Å². The van der Waals surface area contributed by atoms with Crippen molar-refractivity contribution in [2.24, 2.45) is 5.92 Å². The van der Waals surface area contributed by atoms with Gasteiger partial charge < -0.3 is 10.6 Å². The third kappa shape index (κ3) is 1.82. The lowest BCUT2D eigenvalue weighted by Gasteiger charge is -2.41. The molecule has 0 spiro atoms. The Hall–Kier alpha value is -0.450. The molecule has 0 radical (unpaired) electrons. The fraction of sp³-hybridized carbons (Fsp3) is 0.727. The maximum Gasteiger partial charge on any atom is 0.113 e. The molecule has 2 N–H and O–H groups in total. The van der Waals surface area contributed by atoms with Gasteiger partial charge in [0.05, 0.1) is 5.54 Å². The molecule has 2 atom stereocenters. The highest BCUT2D eigenvalue weighted by Gasteiger charge is 2.40. The molecule has 84 valence electrons. The van der Waals surface area contributed by atoms with Crippen molar-refractivity contribution in [3.8, 4) is 0 Å². The number of nitrogens with zero attached hydrogens (tertiary/aromatic N) is 1. The molecule has 0 bridgehead atoms. The lowest BCUT2D eigenvalue weighted by atomic mass is 9.80. The predicted octanol–water partition coefficient (Wildman–Crippen LogP) is 1.50. The summed E-state index contributed by atoms with van der Waals surface area (Å²) in [4.78, 5) is 4.66. The van der Waals surface area contributed by atoms with E-state index >= 15 is 0 Å². The third-order valence-electron chi connectivity index (χ3n) is 3.43. The molecule has 1 aliphatic heterocycles. The van der Waals surface area contributed by atoms with Gasteiger partial charge in [0.2, 0.25) is 0 Å². The van der Waals surface area contributed by atoms with Gasteiger partial charge in [-0.25, -0.2) is 4.98 Å². The van der Waals surface area contributed by atoms with Crippen LogP contribution < -0.4 is 10.6 Å². The van der Waals surface area contributed by atoms with Crippen LogP contribution >= 0.6 is 11.3 Å². The van der Waals surface area contributed by atoms with Crippen molar-refractivity contribution < 1.29 is 0 Å². The molecule has 4 heteroatoms. The zero-order valence-corrected chi connectivity index (χ0v) is 10.4. The Morgan fingerprint density at radius 3 is 3.00 bits per heavy atom. The second-order valence-electron chi connectivity index (χ2n) is 4.37. The molecule has 0 aliphatic carbocycles. The highest BCUT2D eigenvalue weighted by molar-refractivity contribution is 7.09. The summed E-state index contributed by atoms with van der Waals surface area (Å²) in [5.74, 6) is 0.585. The molecular weight excluding hydrogens is 206 g/mol. The van der Waals surface area contributed by atoms with Crippen LogP contribution in [0.1, 0.15) is 24.0 Å². The number of aromatic nitrogens is 1. The van der Waals surface area contributed by atoms with E-state index in [0.29, 0.717) is 5.92 Å². The summed E-state index contributed by atoms with van der Waals surface area (Å²) < 4.78 is 0. The Balaban J connectivity index is 2.34. The van der Waals surface area contributed by atoms with Crippen LogP contribution in [0.3, 0.4) is 0 Å². The number of nitrogens with one attached hydrogen (secondary N) is 2. The van der Waals surface area contributed by atoms with E-state index in [1.165, 1.54) is 5.01 Å². The molecule has 2 unspecified atom stereocenters. The van der Waals surface area contributed by atoms with E-state index in [-0.39, 0.29) is 5.54 Å². The second-order valence-corrected chi connectivity index (χ2v) is 5.23. The maximum absolute atomic E-state index is 4.66. The summed E-state index contributed by atoms with van der Waals surface area (Å²) in [7, 11) is 2.05. The Labute approximate surface area is 95.3 Å². The fourth-order valence-electron chi connectivity index (χ4n) is 2.38. The van der Waals surface area contributed by atoms with E-state index in [2.05, 4.69) is 41.9 Å². The summed E-state index contributed by atoms with van der Waals surface area (Å²) in [5, 5.41) is 10.3. The zero-order chi connectivity index (χ0) is 10.9. The number of hydrogen-bond acceptors (Lipinski definition) is 4. The normalized spacial score (nSPS) is 31.8. The van der Waals surface area contributed by atoms with Crippen molar-refractivity contribution in [1.82, 2.24) is 15.6 Å². The Morgan fingerprint density at radius 1 is 1.67 bits per heavy atom. The number of piperidine rings is 1. The van der Waals surface area contributed by atoms with Gasteiger partial charge in [0, 0.05) is 11.1 Å². The largest absolute Gasteiger partial charge is 0.316 e. The average Bonchev–Trinajstić information content (AvgIpc) is 2.66. The molecule has 0 aromatic carbocycles. The molecule has 15 heavy (non-hydrogen) atoms. The quantitative estimate of drug-likeness (QED) is 0.801. The van der Waals surface area contributed by atoms with Crippen LogP contribution in [0, 0.1) is 12.8 Å². The van der Waals surface area contributed by atoms with E-state index < -0.39 is 0 Å². The topological polar surface area (TPSA) is 37.0 Å². The van der Waals surface area contributed by atoms with Gasteiger partial charge in [0.1, 0.15) is 5.01 Å². The predicted molar refractivity (Wildman–Crippen MR) is 64.2 cm³/mol. The third-order valence-corrected chi connectivity index (χ3v) is 4.57. The van der Waals surface area contributed by atoms with E-state index in [4.69, 9.17) is 0 Å². The lowest BCUT2D eigenvalue weighted by Crippen LogP contribution is -2.54. The summed E-state index contributed by atoms with van der Waals surface area (Å²) in [5.41, 5.74) is 1.22. The van der Waals surface area contributed by atoms with Crippen LogP contribution in [0.4, 0.5) is 0 Å². The highest BCUT2D eigenvalue weighted by Crippen LogP contribution is 2.36. The molecule has 1 aliphatic rings. The average molecular weight is 225 g/mol. The van der Waals surface area contributed by atoms with Crippen molar-refractivity contribution in [2.45, 2.75) is 25.8 Å². The molecule has 0 amide bonds. The first-order valence-electron chi connectivity index (χ1n) is 5.51. The van der Waals surface area contributed by atoms with Crippen molar-refractivity contribution in [3.63, 3.8) is 0 Å². The summed E-state index contributed by atoms with van der Waals surface area (Å²) >= 11 is 1.78. The van der Waals surface area contributed by atoms with E-state index in [1.807, 2.05) is 0 Å². The maximum atomic E-state index is 4.66. The van der Waals surface area contributed by atoms with Crippen molar-refractivity contribution in [1.29, 1.82) is 0 Å². The van der Waals surface area contributed by atoms with Gasteiger partial charge >= 0.3 is 0 Å². The zero-order valence-electron chi connectivity index (χ0n) is 9.63. The van der Waals surface area contributed by atoms with Crippen LogP contribution in [-0.4, -0.2) is 25.1 Å². The van der Waals surface area contributed by atoms with Gasteiger partial charge in [-0.3, -0.25) is 0 Å². The molecule has 2 rings (SSSR count). The van der Waals surface area contributed by atoms with Crippen LogP contribution in [0.2, 0.25) is 0 Å². The number of hydrogen-bond donors (Lipinski definition) is 2. The molecule has 3 nitrogen and oxygen atoms in total. The van der Waals surface area contributed by atoms with Crippen LogP contribution in [-0.2, 0) is 5.54 Å². The minimum absolute atomic E-state index is 0.0875. The number of rotatable bonds is 2. The molecule has 1 saturated heterocycles. The van der Waals surface area contributed by atoms with Gasteiger partial charge in [-0.1, -0.05) is 6.92 Å². The number of thiazole rings is 1. The van der Waals surface area contributed by atoms with E-state index in [9.17, 15) is 0 Å². The van der Waals surface area contributed by atoms with Crippen molar-refractivity contribution in [3.05, 3.63) is 16.1 Å². The Bertz CT molecular complexity index is 336. The number of aryl methyl sites for hydroxylation is 1. The first kappa shape index (κ1) is 11.0.